The summed E-state index contributed by atoms with van der Waals surface area (Å²) in [5.74, 6) is -0.462. The maximum absolute atomic E-state index is 13.1. The van der Waals surface area contributed by atoms with Crippen LogP contribution in [0.5, 0.6) is 5.88 Å². The lowest BCUT2D eigenvalue weighted by molar-refractivity contribution is 0.102. The molecule has 0 bridgehead atoms. The summed E-state index contributed by atoms with van der Waals surface area (Å²) in [7, 11) is 2.02. The van der Waals surface area contributed by atoms with Gasteiger partial charge >= 0.3 is 6.09 Å². The van der Waals surface area contributed by atoms with Gasteiger partial charge in [0.25, 0.3) is 5.91 Å². The predicted molar refractivity (Wildman–Crippen MR) is 136 cm³/mol. The summed E-state index contributed by atoms with van der Waals surface area (Å²) in [6.07, 6.45) is 7.77. The number of aromatic nitrogens is 4. The summed E-state index contributed by atoms with van der Waals surface area (Å²) in [4.78, 5) is 37.1. The van der Waals surface area contributed by atoms with Crippen molar-refractivity contribution in [2.75, 3.05) is 30.8 Å². The number of thiazole rings is 1. The van der Waals surface area contributed by atoms with Crippen molar-refractivity contribution >= 4 is 39.5 Å². The normalized spacial score (nSPS) is 15.8. The number of carbonyl (C=O) groups excluding carboxylic acids is 2. The number of hydrogen-bond acceptors (Lipinski definition) is 9. The van der Waals surface area contributed by atoms with E-state index in [1.165, 1.54) is 29.9 Å². The van der Waals surface area contributed by atoms with Crippen LogP contribution in [0.15, 0.2) is 43.0 Å². The molecule has 0 aromatic carbocycles. The number of nitrogens with one attached hydrogen (secondary N) is 2. The highest BCUT2D eigenvalue weighted by Gasteiger charge is 2.22. The molecule has 0 spiro atoms. The van der Waals surface area contributed by atoms with Crippen LogP contribution in [0.1, 0.15) is 28.9 Å². The molecule has 12 heteroatoms. The number of rotatable bonds is 6. The number of hydrogen-bond donors (Lipinski definition) is 3. The number of anilines is 2. The zero-order valence-corrected chi connectivity index (χ0v) is 20.6. The van der Waals surface area contributed by atoms with Gasteiger partial charge in [-0.3, -0.25) is 15.1 Å². The average molecular weight is 508 g/mol. The molecule has 1 unspecified atom stereocenters. The van der Waals surface area contributed by atoms with Crippen molar-refractivity contribution in [3.63, 3.8) is 0 Å². The Kier molecular flexibility index (Phi) is 6.53. The van der Waals surface area contributed by atoms with Crippen LogP contribution in [0, 0.1) is 6.92 Å². The number of carbonyl (C=O) groups is 2. The second-order valence-electron chi connectivity index (χ2n) is 8.59. The first-order valence-electron chi connectivity index (χ1n) is 11.4. The number of amides is 2. The van der Waals surface area contributed by atoms with E-state index in [9.17, 15) is 14.7 Å². The first kappa shape index (κ1) is 23.7. The van der Waals surface area contributed by atoms with Crippen LogP contribution in [0.25, 0.3) is 15.3 Å². The number of nitrogens with zero attached hydrogens (tertiary/aromatic N) is 5. The predicted octanol–water partition coefficient (Wildman–Crippen LogP) is 3.76. The van der Waals surface area contributed by atoms with Crippen LogP contribution in [-0.4, -0.2) is 67.8 Å². The zero-order chi connectivity index (χ0) is 25.2. The maximum atomic E-state index is 13.1. The fraction of sp³-hybridized carbons (Fsp3) is 0.292. The van der Waals surface area contributed by atoms with Gasteiger partial charge < -0.3 is 20.1 Å². The molecule has 4 aromatic rings. The van der Waals surface area contributed by atoms with E-state index in [1.54, 1.807) is 35.8 Å². The SMILES string of the molecule is Cc1ncc(NC(=O)OCC2CCCN2C)cc1NC(=O)c1cnn2cc(-c3cccnc3O)sc12. The second kappa shape index (κ2) is 9.91. The number of likely N-dealkylation sites (tertiary alicyclic amines) is 1. The number of pyridine rings is 2. The van der Waals surface area contributed by atoms with E-state index in [0.29, 0.717) is 39.6 Å². The van der Waals surface area contributed by atoms with Gasteiger partial charge in [0, 0.05) is 18.4 Å². The molecule has 5 rings (SSSR count). The third kappa shape index (κ3) is 4.86. The number of likely N-dealkylation sites (N-methyl/N-ethyl adjacent to an activating group) is 1. The van der Waals surface area contributed by atoms with E-state index in [2.05, 4.69) is 30.6 Å². The molecule has 11 nitrogen and oxygen atoms in total. The largest absolute Gasteiger partial charge is 0.493 e. The van der Waals surface area contributed by atoms with Crippen LogP contribution < -0.4 is 10.6 Å². The summed E-state index contributed by atoms with van der Waals surface area (Å²) in [6.45, 7) is 3.08. The van der Waals surface area contributed by atoms with Crippen LogP contribution in [0.4, 0.5) is 16.2 Å². The molecule has 1 saturated heterocycles. The highest BCUT2D eigenvalue weighted by molar-refractivity contribution is 7.21. The molecule has 3 N–H and O–H groups in total. The number of fused-ring (bicyclic) bond motifs is 1. The van der Waals surface area contributed by atoms with Crippen LogP contribution in [0.2, 0.25) is 0 Å². The van der Waals surface area contributed by atoms with Crippen molar-refractivity contribution in [1.82, 2.24) is 24.5 Å². The van der Waals surface area contributed by atoms with E-state index in [4.69, 9.17) is 4.74 Å². The molecule has 2 amide bonds. The average Bonchev–Trinajstić information content (AvgIpc) is 3.56. The molecule has 36 heavy (non-hydrogen) atoms. The monoisotopic (exact) mass is 507 g/mol. The topological polar surface area (TPSA) is 134 Å². The number of aromatic hydroxyl groups is 1. The van der Waals surface area contributed by atoms with Crippen molar-refractivity contribution in [2.24, 2.45) is 0 Å². The fourth-order valence-electron chi connectivity index (χ4n) is 4.09. The Bertz CT molecular complexity index is 1430. The van der Waals surface area contributed by atoms with Gasteiger partial charge in [0.05, 0.1) is 45.5 Å². The lowest BCUT2D eigenvalue weighted by atomic mass is 10.2. The van der Waals surface area contributed by atoms with Crippen molar-refractivity contribution in [1.29, 1.82) is 0 Å². The van der Waals surface area contributed by atoms with E-state index in [-0.39, 0.29) is 17.8 Å². The minimum atomic E-state index is -0.568. The van der Waals surface area contributed by atoms with Gasteiger partial charge in [-0.25, -0.2) is 14.3 Å². The van der Waals surface area contributed by atoms with E-state index >= 15 is 0 Å². The van der Waals surface area contributed by atoms with Gasteiger partial charge in [-0.15, -0.1) is 11.3 Å². The summed E-state index contributed by atoms with van der Waals surface area (Å²) >= 11 is 1.32. The third-order valence-corrected chi connectivity index (χ3v) is 7.30. The molecule has 0 aliphatic carbocycles. The summed E-state index contributed by atoms with van der Waals surface area (Å²) in [6, 6.07) is 5.34. The Labute approximate surface area is 210 Å². The molecule has 0 radical (unpaired) electrons. The van der Waals surface area contributed by atoms with Crippen LogP contribution >= 0.6 is 11.3 Å². The molecular formula is C24H25N7O4S. The summed E-state index contributed by atoms with van der Waals surface area (Å²) in [5.41, 5.74) is 2.38. The van der Waals surface area contributed by atoms with Gasteiger partial charge in [0.15, 0.2) is 0 Å². The molecule has 0 saturated carbocycles. The maximum Gasteiger partial charge on any atom is 0.411 e. The lowest BCUT2D eigenvalue weighted by Crippen LogP contribution is -2.31. The minimum absolute atomic E-state index is 0.0900. The Morgan fingerprint density at radius 2 is 2.14 bits per heavy atom. The van der Waals surface area contributed by atoms with Gasteiger partial charge in [0.2, 0.25) is 5.88 Å². The van der Waals surface area contributed by atoms with Crippen LogP contribution in [-0.2, 0) is 4.74 Å². The Morgan fingerprint density at radius 1 is 1.28 bits per heavy atom. The van der Waals surface area contributed by atoms with Crippen LogP contribution in [0.3, 0.4) is 0 Å². The molecule has 5 heterocycles. The smallest absolute Gasteiger partial charge is 0.411 e. The lowest BCUT2D eigenvalue weighted by Gasteiger charge is -2.19. The molecular weight excluding hydrogens is 482 g/mol. The van der Waals surface area contributed by atoms with Gasteiger partial charge in [-0.2, -0.15) is 5.10 Å². The quantitative estimate of drug-likeness (QED) is 0.359. The Hall–Kier alpha value is -4.03. The molecule has 1 aliphatic heterocycles. The van der Waals surface area contributed by atoms with Gasteiger partial charge in [0.1, 0.15) is 11.4 Å². The zero-order valence-electron chi connectivity index (χ0n) is 19.8. The Balaban J connectivity index is 1.28. The standard InChI is InChI=1S/C24H25N7O4S/c1-14-19(9-15(10-26-14)28-24(34)35-13-16-5-4-8-30(16)2)29-22(33)18-11-27-31-12-20(36-23(18)31)17-6-3-7-25-21(17)32/h3,6-7,9-12,16H,4-5,8,13H2,1-2H3,(H,25,32)(H,28,34)(H,29,33). The van der Waals surface area contributed by atoms with Crippen molar-refractivity contribution in [3.8, 4) is 16.3 Å². The summed E-state index contributed by atoms with van der Waals surface area (Å²) in [5, 5.41) is 19.9. The minimum Gasteiger partial charge on any atom is -0.493 e. The van der Waals surface area contributed by atoms with Crippen molar-refractivity contribution < 1.29 is 19.4 Å². The molecule has 1 fully saturated rings. The fourth-order valence-corrected chi connectivity index (χ4v) is 5.17. The van der Waals surface area contributed by atoms with Gasteiger partial charge in [-0.05, 0) is 51.6 Å². The molecule has 4 aromatic heterocycles. The third-order valence-electron chi connectivity index (χ3n) is 6.15. The first-order chi connectivity index (χ1) is 17.4. The number of ether oxygens (including phenoxy) is 1. The first-order valence-corrected chi connectivity index (χ1v) is 12.2. The molecule has 1 aliphatic rings. The Morgan fingerprint density at radius 3 is 2.92 bits per heavy atom. The highest BCUT2D eigenvalue weighted by Crippen LogP contribution is 2.34. The molecule has 186 valence electrons. The molecule has 1 atom stereocenters. The van der Waals surface area contributed by atoms with E-state index in [1.807, 2.05) is 7.05 Å². The van der Waals surface area contributed by atoms with Gasteiger partial charge in [-0.1, -0.05) is 0 Å². The summed E-state index contributed by atoms with van der Waals surface area (Å²) < 4.78 is 6.95. The van der Waals surface area contributed by atoms with Crippen molar-refractivity contribution in [3.05, 3.63) is 54.2 Å². The van der Waals surface area contributed by atoms with E-state index < -0.39 is 6.09 Å². The van der Waals surface area contributed by atoms with Crippen molar-refractivity contribution in [2.45, 2.75) is 25.8 Å². The second-order valence-corrected chi connectivity index (χ2v) is 9.62. The number of aryl methyl sites for hydroxylation is 1. The highest BCUT2D eigenvalue weighted by atomic mass is 32.1. The van der Waals surface area contributed by atoms with E-state index in [0.717, 1.165) is 24.3 Å².